The van der Waals surface area contributed by atoms with Crippen LogP contribution in [0.3, 0.4) is 0 Å². The number of amides is 1. The maximum absolute atomic E-state index is 12.9. The van der Waals surface area contributed by atoms with Crippen molar-refractivity contribution in [1.82, 2.24) is 9.97 Å². The van der Waals surface area contributed by atoms with Crippen LogP contribution in [0.4, 0.5) is 5.13 Å². The average Bonchev–Trinajstić information content (AvgIpc) is 3.32. The van der Waals surface area contributed by atoms with Gasteiger partial charge in [0.1, 0.15) is 12.4 Å². The number of rotatable bonds is 9. The van der Waals surface area contributed by atoms with Crippen molar-refractivity contribution in [1.29, 1.82) is 0 Å². The van der Waals surface area contributed by atoms with Gasteiger partial charge in [-0.3, -0.25) is 15.1 Å². The predicted molar refractivity (Wildman–Crippen MR) is 133 cm³/mol. The lowest BCUT2D eigenvalue weighted by molar-refractivity contribution is 0.102. The van der Waals surface area contributed by atoms with E-state index in [0.717, 1.165) is 28.1 Å². The Labute approximate surface area is 202 Å². The van der Waals surface area contributed by atoms with Gasteiger partial charge in [-0.1, -0.05) is 11.6 Å². The number of nitrogens with zero attached hydrogens (tertiary/aromatic N) is 2. The van der Waals surface area contributed by atoms with Gasteiger partial charge in [-0.2, -0.15) is 0 Å². The van der Waals surface area contributed by atoms with Crippen LogP contribution in [0.2, 0.25) is 0 Å². The molecule has 1 amide bonds. The number of ether oxygens (including phenoxy) is 3. The number of anilines is 1. The van der Waals surface area contributed by atoms with E-state index in [-0.39, 0.29) is 5.91 Å². The van der Waals surface area contributed by atoms with E-state index in [1.807, 2.05) is 49.6 Å². The van der Waals surface area contributed by atoms with Gasteiger partial charge in [0, 0.05) is 28.9 Å². The summed E-state index contributed by atoms with van der Waals surface area (Å²) >= 11 is 1.36. The van der Waals surface area contributed by atoms with Crippen LogP contribution < -0.4 is 19.5 Å². The largest absolute Gasteiger partial charge is 0.496 e. The highest BCUT2D eigenvalue weighted by molar-refractivity contribution is 7.14. The molecule has 0 aliphatic heterocycles. The van der Waals surface area contributed by atoms with Crippen LogP contribution in [-0.2, 0) is 6.61 Å². The molecule has 7 nitrogen and oxygen atoms in total. The molecule has 1 N–H and O–H groups in total. The average molecular weight is 476 g/mol. The first kappa shape index (κ1) is 23.3. The monoisotopic (exact) mass is 475 g/mol. The number of carbonyl (C=O) groups excluding carboxylic acids is 1. The summed E-state index contributed by atoms with van der Waals surface area (Å²) < 4.78 is 17.1. The van der Waals surface area contributed by atoms with Crippen molar-refractivity contribution in [2.45, 2.75) is 20.5 Å². The van der Waals surface area contributed by atoms with E-state index in [4.69, 9.17) is 14.2 Å². The van der Waals surface area contributed by atoms with Crippen LogP contribution in [-0.4, -0.2) is 29.6 Å². The van der Waals surface area contributed by atoms with Crippen LogP contribution in [0, 0.1) is 6.92 Å². The fraction of sp³-hybridized carbons (Fsp3) is 0.192. The predicted octanol–water partition coefficient (Wildman–Crippen LogP) is 5.75. The molecule has 0 aliphatic rings. The molecule has 0 aliphatic carbocycles. The van der Waals surface area contributed by atoms with E-state index >= 15 is 0 Å². The first-order valence-corrected chi connectivity index (χ1v) is 11.7. The zero-order valence-corrected chi connectivity index (χ0v) is 20.0. The number of methoxy groups -OCH3 is 1. The van der Waals surface area contributed by atoms with Crippen molar-refractivity contribution >= 4 is 22.4 Å². The number of aromatic nitrogens is 2. The first-order valence-electron chi connectivity index (χ1n) is 10.8. The zero-order chi connectivity index (χ0) is 23.9. The summed E-state index contributed by atoms with van der Waals surface area (Å²) in [4.78, 5) is 21.5. The maximum atomic E-state index is 12.9. The van der Waals surface area contributed by atoms with Gasteiger partial charge in [-0.15, -0.1) is 11.3 Å². The van der Waals surface area contributed by atoms with Gasteiger partial charge < -0.3 is 14.2 Å². The second kappa shape index (κ2) is 10.8. The Morgan fingerprint density at radius 3 is 2.56 bits per heavy atom. The topological polar surface area (TPSA) is 82.6 Å². The van der Waals surface area contributed by atoms with Gasteiger partial charge in [-0.25, -0.2) is 4.98 Å². The lowest BCUT2D eigenvalue weighted by Crippen LogP contribution is -2.12. The maximum Gasteiger partial charge on any atom is 0.257 e. The number of nitrogens with one attached hydrogen (secondary N) is 1. The molecule has 0 atom stereocenters. The highest BCUT2D eigenvalue weighted by Gasteiger charge is 2.15. The first-order chi connectivity index (χ1) is 16.6. The van der Waals surface area contributed by atoms with E-state index in [9.17, 15) is 4.79 Å². The van der Waals surface area contributed by atoms with Gasteiger partial charge in [0.2, 0.25) is 0 Å². The van der Waals surface area contributed by atoms with E-state index in [0.29, 0.717) is 35.4 Å². The molecule has 0 saturated carbocycles. The van der Waals surface area contributed by atoms with Crippen LogP contribution in [0.5, 0.6) is 17.2 Å². The van der Waals surface area contributed by atoms with Crippen molar-refractivity contribution in [3.63, 3.8) is 0 Å². The molecule has 174 valence electrons. The van der Waals surface area contributed by atoms with Crippen LogP contribution in [0.25, 0.3) is 11.3 Å². The molecule has 2 aromatic heterocycles. The van der Waals surface area contributed by atoms with Gasteiger partial charge in [-0.05, 0) is 61.9 Å². The lowest BCUT2D eigenvalue weighted by Gasteiger charge is -2.13. The smallest absolute Gasteiger partial charge is 0.257 e. The molecule has 0 unspecified atom stereocenters. The summed E-state index contributed by atoms with van der Waals surface area (Å²) in [5.74, 6) is 1.53. The SMILES string of the molecule is CCOc1cc(C(=O)Nc2nc(-c3cc(C)ccc3OC)cs2)ccc1OCc1ccncc1. The third-order valence-corrected chi connectivity index (χ3v) is 5.76. The molecule has 0 radical (unpaired) electrons. The molecule has 0 saturated heterocycles. The number of hydrogen-bond donors (Lipinski definition) is 1. The summed E-state index contributed by atoms with van der Waals surface area (Å²) in [7, 11) is 1.63. The molecule has 34 heavy (non-hydrogen) atoms. The Morgan fingerprint density at radius 2 is 1.79 bits per heavy atom. The second-order valence-electron chi connectivity index (χ2n) is 7.43. The summed E-state index contributed by atoms with van der Waals surface area (Å²) in [6, 6.07) is 14.8. The summed E-state index contributed by atoms with van der Waals surface area (Å²) in [6.07, 6.45) is 3.43. The molecule has 8 heteroatoms. The fourth-order valence-corrected chi connectivity index (χ4v) is 4.03. The Morgan fingerprint density at radius 1 is 1.00 bits per heavy atom. The molecule has 0 fully saturated rings. The molecule has 2 aromatic carbocycles. The number of hydrogen-bond acceptors (Lipinski definition) is 7. The normalized spacial score (nSPS) is 10.6. The zero-order valence-electron chi connectivity index (χ0n) is 19.2. The molecule has 2 heterocycles. The van der Waals surface area contributed by atoms with E-state index < -0.39 is 0 Å². The summed E-state index contributed by atoms with van der Waals surface area (Å²) in [5, 5.41) is 5.27. The van der Waals surface area contributed by atoms with Crippen LogP contribution >= 0.6 is 11.3 Å². The van der Waals surface area contributed by atoms with E-state index in [1.165, 1.54) is 11.3 Å². The second-order valence-corrected chi connectivity index (χ2v) is 8.29. The minimum absolute atomic E-state index is 0.279. The third kappa shape index (κ3) is 5.52. The Bertz CT molecular complexity index is 1270. The molecular formula is C26H25N3O4S. The van der Waals surface area contributed by atoms with E-state index in [1.54, 1.807) is 37.7 Å². The minimum Gasteiger partial charge on any atom is -0.496 e. The Kier molecular flexibility index (Phi) is 7.39. The molecule has 4 aromatic rings. The van der Waals surface area contributed by atoms with Crippen molar-refractivity contribution in [2.75, 3.05) is 19.0 Å². The van der Waals surface area contributed by atoms with Crippen LogP contribution in [0.15, 0.2) is 66.3 Å². The Hall–Kier alpha value is -3.91. The fourth-order valence-electron chi connectivity index (χ4n) is 3.32. The quantitative estimate of drug-likeness (QED) is 0.332. The van der Waals surface area contributed by atoms with Crippen molar-refractivity contribution < 1.29 is 19.0 Å². The Balaban J connectivity index is 1.49. The summed E-state index contributed by atoms with van der Waals surface area (Å²) in [6.45, 7) is 4.72. The number of aryl methyl sites for hydroxylation is 1. The highest BCUT2D eigenvalue weighted by atomic mass is 32.1. The van der Waals surface area contributed by atoms with Crippen molar-refractivity contribution in [3.8, 4) is 28.5 Å². The molecule has 4 rings (SSSR count). The lowest BCUT2D eigenvalue weighted by atomic mass is 10.1. The molecule has 0 bridgehead atoms. The van der Waals surface area contributed by atoms with Gasteiger partial charge >= 0.3 is 0 Å². The van der Waals surface area contributed by atoms with Gasteiger partial charge in [0.25, 0.3) is 5.91 Å². The molecular weight excluding hydrogens is 450 g/mol. The van der Waals surface area contributed by atoms with E-state index in [2.05, 4.69) is 15.3 Å². The van der Waals surface area contributed by atoms with Gasteiger partial charge in [0.05, 0.1) is 19.4 Å². The van der Waals surface area contributed by atoms with Crippen LogP contribution in [0.1, 0.15) is 28.4 Å². The summed E-state index contributed by atoms with van der Waals surface area (Å²) in [5.41, 5.74) is 4.17. The number of pyridine rings is 1. The molecule has 0 spiro atoms. The van der Waals surface area contributed by atoms with Gasteiger partial charge in [0.15, 0.2) is 16.6 Å². The number of carbonyl (C=O) groups is 1. The third-order valence-electron chi connectivity index (χ3n) is 5.01. The number of benzene rings is 2. The van der Waals surface area contributed by atoms with Crippen molar-refractivity contribution in [2.24, 2.45) is 0 Å². The number of thiazole rings is 1. The van der Waals surface area contributed by atoms with Crippen molar-refractivity contribution in [3.05, 3.63) is 83.0 Å². The minimum atomic E-state index is -0.279. The highest BCUT2D eigenvalue weighted by Crippen LogP contribution is 2.34. The standard InChI is InChI=1S/C26H25N3O4S/c1-4-32-24-14-19(6-8-23(24)33-15-18-9-11-27-12-10-18)25(30)29-26-28-21(16-34-26)20-13-17(2)5-7-22(20)31-3/h5-14,16H,4,15H2,1-3H3,(H,28,29,30).